The van der Waals surface area contributed by atoms with Crippen LogP contribution in [0.15, 0.2) is 85.3 Å². The van der Waals surface area contributed by atoms with E-state index in [0.29, 0.717) is 5.11 Å². The molecule has 1 aliphatic heterocycles. The van der Waals surface area contributed by atoms with Gasteiger partial charge in [-0.1, -0.05) is 12.1 Å². The first kappa shape index (κ1) is 19.3. The summed E-state index contributed by atoms with van der Waals surface area (Å²) in [6.07, 6.45) is 5.67. The second-order valence-electron chi connectivity index (χ2n) is 7.51. The van der Waals surface area contributed by atoms with Gasteiger partial charge in [0.2, 0.25) is 0 Å². The second-order valence-corrected chi connectivity index (χ2v) is 7.90. The van der Waals surface area contributed by atoms with Crippen molar-refractivity contribution in [3.05, 3.63) is 102 Å². The maximum Gasteiger partial charge on any atom is 0.174 e. The Morgan fingerprint density at radius 3 is 2.52 bits per heavy atom. The Labute approximate surface area is 185 Å². The van der Waals surface area contributed by atoms with E-state index in [2.05, 4.69) is 36.9 Å². The summed E-state index contributed by atoms with van der Waals surface area (Å²) in [4.78, 5) is 11.3. The molecule has 3 aromatic heterocycles. The van der Waals surface area contributed by atoms with Crippen molar-refractivity contribution < 1.29 is 5.11 Å². The minimum atomic E-state index is -0.162. The smallest absolute Gasteiger partial charge is 0.174 e. The van der Waals surface area contributed by atoms with Crippen LogP contribution in [0, 0.1) is 6.92 Å². The molecule has 1 aliphatic rings. The monoisotopic (exact) mass is 427 g/mol. The third-order valence-corrected chi connectivity index (χ3v) is 5.77. The van der Waals surface area contributed by atoms with E-state index >= 15 is 0 Å². The molecule has 4 heterocycles. The molecule has 0 unspecified atom stereocenters. The van der Waals surface area contributed by atoms with Crippen LogP contribution >= 0.6 is 12.2 Å². The molecular formula is C24H21N5OS. The number of phenolic OH excluding ortho intramolecular Hbond substituents is 1. The van der Waals surface area contributed by atoms with Gasteiger partial charge in [0, 0.05) is 30.0 Å². The molecule has 0 amide bonds. The summed E-state index contributed by atoms with van der Waals surface area (Å²) in [7, 11) is 0. The molecule has 31 heavy (non-hydrogen) atoms. The lowest BCUT2D eigenvalue weighted by Crippen LogP contribution is -2.30. The highest BCUT2D eigenvalue weighted by molar-refractivity contribution is 7.80. The molecule has 1 saturated heterocycles. The van der Waals surface area contributed by atoms with E-state index in [1.807, 2.05) is 61.8 Å². The number of rotatable bonds is 4. The van der Waals surface area contributed by atoms with Gasteiger partial charge in [0.05, 0.1) is 11.7 Å². The van der Waals surface area contributed by atoms with E-state index in [4.69, 9.17) is 12.2 Å². The normalized spacial score (nSPS) is 18.2. The number of benzene rings is 1. The lowest BCUT2D eigenvalue weighted by atomic mass is 10.0. The number of nitrogens with zero attached hydrogens (tertiary/aromatic N) is 4. The molecule has 0 bridgehead atoms. The number of hydrogen-bond acceptors (Lipinski definition) is 4. The molecule has 0 radical (unpaired) electrons. The molecule has 0 aliphatic carbocycles. The van der Waals surface area contributed by atoms with Gasteiger partial charge in [-0.2, -0.15) is 0 Å². The number of aromatic nitrogens is 3. The van der Waals surface area contributed by atoms with Crippen LogP contribution in [0.2, 0.25) is 0 Å². The van der Waals surface area contributed by atoms with Crippen molar-refractivity contribution in [3.8, 4) is 11.6 Å². The van der Waals surface area contributed by atoms with E-state index in [9.17, 15) is 5.11 Å². The molecule has 0 spiro atoms. The van der Waals surface area contributed by atoms with Crippen LogP contribution in [-0.4, -0.2) is 24.8 Å². The Morgan fingerprint density at radius 2 is 1.81 bits per heavy atom. The number of aromatic hydroxyl groups is 1. The van der Waals surface area contributed by atoms with Gasteiger partial charge in [0.1, 0.15) is 17.6 Å². The van der Waals surface area contributed by atoms with E-state index in [1.54, 1.807) is 18.3 Å². The van der Waals surface area contributed by atoms with Gasteiger partial charge in [0.25, 0.3) is 0 Å². The molecule has 7 heteroatoms. The summed E-state index contributed by atoms with van der Waals surface area (Å²) in [6.45, 7) is 2.02. The van der Waals surface area contributed by atoms with Gasteiger partial charge in [-0.25, -0.2) is 4.98 Å². The van der Waals surface area contributed by atoms with E-state index < -0.39 is 0 Å². The van der Waals surface area contributed by atoms with Gasteiger partial charge < -0.3 is 19.9 Å². The fraction of sp³-hybridized carbons (Fsp3) is 0.125. The first-order chi connectivity index (χ1) is 15.1. The minimum Gasteiger partial charge on any atom is -0.508 e. The predicted molar refractivity (Wildman–Crippen MR) is 124 cm³/mol. The van der Waals surface area contributed by atoms with Gasteiger partial charge in [-0.3, -0.25) is 4.98 Å². The number of thiocarbonyl (C=S) groups is 1. The number of anilines is 1. The Morgan fingerprint density at radius 1 is 0.968 bits per heavy atom. The maximum atomic E-state index is 9.77. The van der Waals surface area contributed by atoms with Crippen molar-refractivity contribution in [1.29, 1.82) is 0 Å². The summed E-state index contributed by atoms with van der Waals surface area (Å²) < 4.78 is 2.09. The van der Waals surface area contributed by atoms with Crippen molar-refractivity contribution in [3.63, 3.8) is 0 Å². The maximum absolute atomic E-state index is 9.77. The average Bonchev–Trinajstić information content (AvgIpc) is 3.40. The number of pyridine rings is 2. The van der Waals surface area contributed by atoms with Gasteiger partial charge in [-0.05, 0) is 79.3 Å². The highest BCUT2D eigenvalue weighted by Gasteiger charge is 2.42. The molecule has 2 N–H and O–H groups in total. The average molecular weight is 428 g/mol. The minimum absolute atomic E-state index is 0.151. The molecule has 5 rings (SSSR count). The molecule has 1 fully saturated rings. The van der Waals surface area contributed by atoms with Crippen LogP contribution in [0.1, 0.15) is 29.0 Å². The van der Waals surface area contributed by atoms with E-state index in [0.717, 1.165) is 28.5 Å². The second kappa shape index (κ2) is 7.85. The third kappa shape index (κ3) is 3.53. The summed E-state index contributed by atoms with van der Waals surface area (Å²) in [5, 5.41) is 13.8. The summed E-state index contributed by atoms with van der Waals surface area (Å²) in [5.41, 5.74) is 3.94. The van der Waals surface area contributed by atoms with Crippen LogP contribution in [-0.2, 0) is 0 Å². The zero-order chi connectivity index (χ0) is 21.4. The van der Waals surface area contributed by atoms with Gasteiger partial charge in [-0.15, -0.1) is 0 Å². The summed E-state index contributed by atoms with van der Waals surface area (Å²) >= 11 is 5.76. The van der Waals surface area contributed by atoms with Crippen molar-refractivity contribution in [2.75, 3.05) is 4.90 Å². The molecule has 154 valence electrons. The van der Waals surface area contributed by atoms with E-state index in [1.165, 1.54) is 0 Å². The highest BCUT2D eigenvalue weighted by Crippen LogP contribution is 2.42. The Hall–Kier alpha value is -3.71. The van der Waals surface area contributed by atoms with Crippen molar-refractivity contribution in [1.82, 2.24) is 19.9 Å². The number of aryl methyl sites for hydroxylation is 1. The first-order valence-corrected chi connectivity index (χ1v) is 10.4. The fourth-order valence-corrected chi connectivity index (χ4v) is 4.34. The molecule has 2 atom stereocenters. The number of hydrogen-bond donors (Lipinski definition) is 2. The quantitative estimate of drug-likeness (QED) is 0.469. The molecule has 1 aromatic carbocycles. The van der Waals surface area contributed by atoms with Crippen LogP contribution in [0.4, 0.5) is 5.69 Å². The number of nitrogens with one attached hydrogen (secondary N) is 1. The summed E-state index contributed by atoms with van der Waals surface area (Å²) in [5.74, 6) is 1.06. The molecular weight excluding hydrogens is 406 g/mol. The first-order valence-electron chi connectivity index (χ1n) is 10.0. The predicted octanol–water partition coefficient (Wildman–Crippen LogP) is 4.46. The molecule has 6 nitrogen and oxygen atoms in total. The van der Waals surface area contributed by atoms with Gasteiger partial charge in [0.15, 0.2) is 5.11 Å². The van der Waals surface area contributed by atoms with Crippen LogP contribution in [0.3, 0.4) is 0 Å². The molecule has 0 saturated carbocycles. The van der Waals surface area contributed by atoms with E-state index in [-0.39, 0.29) is 17.8 Å². The zero-order valence-electron chi connectivity index (χ0n) is 16.9. The summed E-state index contributed by atoms with van der Waals surface area (Å²) in [6, 6.07) is 20.8. The Kier molecular flexibility index (Phi) is 4.88. The largest absolute Gasteiger partial charge is 0.508 e. The Balaban J connectivity index is 1.66. The standard InChI is InChI=1S/C24H21N5OS/c1-16-7-12-21(26-15-16)28-14-4-6-20(28)23-22(19-5-2-3-13-25-19)27-24(31)29(23)17-8-10-18(30)11-9-17/h2-15,22-23,30H,1H3,(H,27,31)/t22-,23+/m1/s1. The fourth-order valence-electron chi connectivity index (χ4n) is 3.99. The van der Waals surface area contributed by atoms with Crippen molar-refractivity contribution >= 4 is 23.0 Å². The lowest BCUT2D eigenvalue weighted by molar-refractivity contribution is 0.475. The van der Waals surface area contributed by atoms with Crippen LogP contribution < -0.4 is 10.2 Å². The van der Waals surface area contributed by atoms with Crippen LogP contribution in [0.25, 0.3) is 5.82 Å². The van der Waals surface area contributed by atoms with Crippen LogP contribution in [0.5, 0.6) is 5.75 Å². The van der Waals surface area contributed by atoms with Gasteiger partial charge >= 0.3 is 0 Å². The SMILES string of the molecule is Cc1ccc(-n2cccc2[C@H]2[C@@H](c3ccccn3)NC(=S)N2c2ccc(O)cc2)nc1. The third-order valence-electron chi connectivity index (χ3n) is 5.45. The van der Waals surface area contributed by atoms with Crippen molar-refractivity contribution in [2.45, 2.75) is 19.0 Å². The van der Waals surface area contributed by atoms with Crippen molar-refractivity contribution in [2.24, 2.45) is 0 Å². The number of phenols is 1. The Bertz CT molecular complexity index is 1200. The molecule has 4 aromatic rings. The lowest BCUT2D eigenvalue weighted by Gasteiger charge is -2.28. The highest BCUT2D eigenvalue weighted by atomic mass is 32.1. The topological polar surface area (TPSA) is 66.2 Å². The zero-order valence-corrected chi connectivity index (χ0v) is 17.7.